The van der Waals surface area contributed by atoms with Gasteiger partial charge in [0.25, 0.3) is 0 Å². The van der Waals surface area contributed by atoms with E-state index in [1.807, 2.05) is 0 Å². The number of halogens is 4. The van der Waals surface area contributed by atoms with Gasteiger partial charge in [0.15, 0.2) is 0 Å². The van der Waals surface area contributed by atoms with E-state index in [2.05, 4.69) is 0 Å². The van der Waals surface area contributed by atoms with Gasteiger partial charge in [-0.2, -0.15) is 0 Å². The predicted molar refractivity (Wildman–Crippen MR) is 73.6 cm³/mol. The Morgan fingerprint density at radius 3 is 2.12 bits per heavy atom. The Hall–Kier alpha value is -0.600. The fourth-order valence-corrected chi connectivity index (χ4v) is 2.25. The van der Waals surface area contributed by atoms with Crippen LogP contribution in [0, 0.1) is 0 Å². The maximum absolute atomic E-state index is 9.35. The zero-order chi connectivity index (χ0) is 12.6. The molecule has 1 N–H and O–H groups in total. The van der Waals surface area contributed by atoms with Gasteiger partial charge in [-0.15, -0.1) is 0 Å². The van der Waals surface area contributed by atoms with E-state index in [1.165, 1.54) is 6.07 Å². The van der Waals surface area contributed by atoms with Crippen molar-refractivity contribution in [2.24, 2.45) is 0 Å². The van der Waals surface area contributed by atoms with Crippen LogP contribution >= 0.6 is 46.4 Å². The fraction of sp³-hybridized carbons (Fsp3) is 0. The number of aromatic hydroxyl groups is 1. The molecule has 0 unspecified atom stereocenters. The van der Waals surface area contributed by atoms with Crippen LogP contribution in [0.2, 0.25) is 20.1 Å². The molecule has 0 fully saturated rings. The van der Waals surface area contributed by atoms with Gasteiger partial charge in [0, 0.05) is 5.56 Å². The normalized spacial score (nSPS) is 10.6. The Labute approximate surface area is 118 Å². The van der Waals surface area contributed by atoms with Crippen molar-refractivity contribution in [3.8, 4) is 16.9 Å². The van der Waals surface area contributed by atoms with Crippen molar-refractivity contribution in [1.29, 1.82) is 0 Å². The van der Waals surface area contributed by atoms with Crippen LogP contribution in [0.3, 0.4) is 0 Å². The third-order valence-corrected chi connectivity index (χ3v) is 3.89. The fourth-order valence-electron chi connectivity index (χ4n) is 1.42. The molecule has 0 bridgehead atoms. The van der Waals surface area contributed by atoms with Crippen LogP contribution in [0.15, 0.2) is 30.3 Å². The first kappa shape index (κ1) is 12.8. The van der Waals surface area contributed by atoms with Crippen LogP contribution in [-0.2, 0) is 0 Å². The molecule has 0 amide bonds. The first-order valence-electron chi connectivity index (χ1n) is 4.63. The average molecular weight is 308 g/mol. The molecule has 0 saturated carbocycles. The van der Waals surface area contributed by atoms with Crippen molar-refractivity contribution in [2.45, 2.75) is 0 Å². The molecule has 88 valence electrons. The SMILES string of the molecule is Oc1ccc(-c2ccc(Cl)c(Cl)c2Cl)cc1Cl. The number of phenolic OH excluding ortho intramolecular Hbond substituents is 1. The highest BCUT2D eigenvalue weighted by molar-refractivity contribution is 6.49. The topological polar surface area (TPSA) is 20.2 Å². The summed E-state index contributed by atoms with van der Waals surface area (Å²) in [6, 6.07) is 8.22. The van der Waals surface area contributed by atoms with Crippen LogP contribution in [0.4, 0.5) is 0 Å². The maximum atomic E-state index is 9.35. The molecule has 0 aliphatic rings. The second-order valence-electron chi connectivity index (χ2n) is 3.39. The Bertz CT molecular complexity index is 581. The van der Waals surface area contributed by atoms with Crippen LogP contribution in [0.25, 0.3) is 11.1 Å². The van der Waals surface area contributed by atoms with Crippen molar-refractivity contribution in [1.82, 2.24) is 0 Å². The molecule has 2 rings (SSSR count). The summed E-state index contributed by atoms with van der Waals surface area (Å²) < 4.78 is 0. The third kappa shape index (κ3) is 2.48. The molecule has 0 spiro atoms. The molecule has 0 saturated heterocycles. The predicted octanol–water partition coefficient (Wildman–Crippen LogP) is 5.67. The highest BCUT2D eigenvalue weighted by atomic mass is 35.5. The van der Waals surface area contributed by atoms with Gasteiger partial charge in [-0.3, -0.25) is 0 Å². The molecule has 0 atom stereocenters. The van der Waals surface area contributed by atoms with Crippen molar-refractivity contribution >= 4 is 46.4 Å². The number of phenols is 1. The molecule has 0 aliphatic heterocycles. The highest BCUT2D eigenvalue weighted by Gasteiger charge is 2.11. The van der Waals surface area contributed by atoms with E-state index in [1.54, 1.807) is 24.3 Å². The molecular weight excluding hydrogens is 302 g/mol. The van der Waals surface area contributed by atoms with Gasteiger partial charge in [-0.05, 0) is 23.8 Å². The van der Waals surface area contributed by atoms with Gasteiger partial charge in [-0.25, -0.2) is 0 Å². The van der Waals surface area contributed by atoms with Gasteiger partial charge in [-0.1, -0.05) is 58.5 Å². The summed E-state index contributed by atoms with van der Waals surface area (Å²) in [6.07, 6.45) is 0. The summed E-state index contributed by atoms with van der Waals surface area (Å²) in [5, 5.41) is 10.7. The molecule has 2 aromatic carbocycles. The van der Waals surface area contributed by atoms with Crippen LogP contribution in [0.5, 0.6) is 5.75 Å². The molecule has 17 heavy (non-hydrogen) atoms. The largest absolute Gasteiger partial charge is 0.506 e. The summed E-state index contributed by atoms with van der Waals surface area (Å²) in [4.78, 5) is 0. The van der Waals surface area contributed by atoms with Gasteiger partial charge < -0.3 is 5.11 Å². The number of benzene rings is 2. The van der Waals surface area contributed by atoms with E-state index in [-0.39, 0.29) is 10.8 Å². The number of rotatable bonds is 1. The van der Waals surface area contributed by atoms with Crippen LogP contribution in [0.1, 0.15) is 0 Å². The van der Waals surface area contributed by atoms with E-state index in [4.69, 9.17) is 46.4 Å². The Morgan fingerprint density at radius 2 is 1.47 bits per heavy atom. The minimum atomic E-state index is 0.0200. The van der Waals surface area contributed by atoms with Crippen LogP contribution < -0.4 is 0 Å². The smallest absolute Gasteiger partial charge is 0.134 e. The van der Waals surface area contributed by atoms with E-state index < -0.39 is 0 Å². The van der Waals surface area contributed by atoms with E-state index >= 15 is 0 Å². The molecule has 0 heterocycles. The third-order valence-electron chi connectivity index (χ3n) is 2.29. The average Bonchev–Trinajstić information content (AvgIpc) is 2.30. The lowest BCUT2D eigenvalue weighted by molar-refractivity contribution is 0.475. The minimum absolute atomic E-state index is 0.0200. The summed E-state index contributed by atoms with van der Waals surface area (Å²) >= 11 is 23.7. The Morgan fingerprint density at radius 1 is 0.765 bits per heavy atom. The van der Waals surface area contributed by atoms with E-state index in [9.17, 15) is 5.11 Å². The molecule has 0 aromatic heterocycles. The van der Waals surface area contributed by atoms with Crippen molar-refractivity contribution in [3.63, 3.8) is 0 Å². The van der Waals surface area contributed by atoms with Crippen molar-refractivity contribution < 1.29 is 5.11 Å². The monoisotopic (exact) mass is 306 g/mol. The molecular formula is C12H6Cl4O. The minimum Gasteiger partial charge on any atom is -0.506 e. The van der Waals surface area contributed by atoms with Crippen molar-refractivity contribution in [3.05, 3.63) is 50.4 Å². The van der Waals surface area contributed by atoms with Gasteiger partial charge in [0.2, 0.25) is 0 Å². The van der Waals surface area contributed by atoms with E-state index in [0.29, 0.717) is 20.6 Å². The maximum Gasteiger partial charge on any atom is 0.134 e. The molecule has 0 radical (unpaired) electrons. The first-order valence-corrected chi connectivity index (χ1v) is 6.14. The summed E-state index contributed by atoms with van der Waals surface area (Å²) in [5.41, 5.74) is 1.47. The number of hydrogen-bond donors (Lipinski definition) is 1. The highest BCUT2D eigenvalue weighted by Crippen LogP contribution is 2.39. The number of hydrogen-bond acceptors (Lipinski definition) is 1. The Kier molecular flexibility index (Phi) is 3.74. The summed E-state index contributed by atoms with van der Waals surface area (Å²) in [6.45, 7) is 0. The van der Waals surface area contributed by atoms with Gasteiger partial charge in [0.1, 0.15) is 5.75 Å². The van der Waals surface area contributed by atoms with Gasteiger partial charge in [0.05, 0.1) is 20.1 Å². The quantitative estimate of drug-likeness (QED) is 0.673. The lowest BCUT2D eigenvalue weighted by Gasteiger charge is -2.08. The summed E-state index contributed by atoms with van der Waals surface area (Å²) in [7, 11) is 0. The zero-order valence-electron chi connectivity index (χ0n) is 8.35. The first-order chi connectivity index (χ1) is 8.00. The second kappa shape index (κ2) is 4.95. The summed E-state index contributed by atoms with van der Waals surface area (Å²) in [5.74, 6) is 0.0200. The van der Waals surface area contributed by atoms with E-state index in [0.717, 1.165) is 5.56 Å². The standard InChI is InChI=1S/C12H6Cl4O/c13-8-3-2-7(11(15)12(8)16)6-1-4-10(17)9(14)5-6/h1-5,17H. The molecule has 1 nitrogen and oxygen atoms in total. The lowest BCUT2D eigenvalue weighted by atomic mass is 10.1. The molecule has 5 heteroatoms. The molecule has 2 aromatic rings. The van der Waals surface area contributed by atoms with Crippen molar-refractivity contribution in [2.75, 3.05) is 0 Å². The lowest BCUT2D eigenvalue weighted by Crippen LogP contribution is -1.82. The van der Waals surface area contributed by atoms with Gasteiger partial charge >= 0.3 is 0 Å². The van der Waals surface area contributed by atoms with Crippen LogP contribution in [-0.4, -0.2) is 5.11 Å². The zero-order valence-corrected chi connectivity index (χ0v) is 11.4. The molecule has 0 aliphatic carbocycles. The Balaban J connectivity index is 2.61. The second-order valence-corrected chi connectivity index (χ2v) is 4.96.